The van der Waals surface area contributed by atoms with Gasteiger partial charge in [0.2, 0.25) is 11.8 Å². The number of piperazine rings is 1. The Bertz CT molecular complexity index is 865. The minimum Gasteiger partial charge on any atom is -0.495 e. The van der Waals surface area contributed by atoms with Crippen molar-refractivity contribution in [2.24, 2.45) is 5.92 Å². The molecule has 7 nitrogen and oxygen atoms in total. The molecule has 0 aliphatic carbocycles. The van der Waals surface area contributed by atoms with Gasteiger partial charge < -0.3 is 19.4 Å². The Kier molecular flexibility index (Phi) is 5.64. The molecule has 152 valence electrons. The van der Waals surface area contributed by atoms with Crippen molar-refractivity contribution in [2.75, 3.05) is 44.7 Å². The molecule has 2 aromatic rings. The largest absolute Gasteiger partial charge is 0.495 e. The van der Waals surface area contributed by atoms with Crippen molar-refractivity contribution in [3.05, 3.63) is 54.4 Å². The third-order valence-electron chi connectivity index (χ3n) is 5.68. The van der Waals surface area contributed by atoms with E-state index in [2.05, 4.69) is 9.88 Å². The number of methoxy groups -OCH3 is 1. The first-order chi connectivity index (χ1) is 14.2. The van der Waals surface area contributed by atoms with Crippen LogP contribution < -0.4 is 9.64 Å². The molecule has 2 fully saturated rings. The summed E-state index contributed by atoms with van der Waals surface area (Å²) in [6.07, 6.45) is 3.78. The molecule has 7 heteroatoms. The number of amides is 2. The smallest absolute Gasteiger partial charge is 0.228 e. The first-order valence-electron chi connectivity index (χ1n) is 9.99. The molecule has 2 amide bonds. The minimum atomic E-state index is -0.253. The van der Waals surface area contributed by atoms with Crippen LogP contribution in [0.25, 0.3) is 0 Å². The highest BCUT2D eigenvalue weighted by molar-refractivity contribution is 5.89. The maximum absolute atomic E-state index is 13.0. The van der Waals surface area contributed by atoms with Crippen LogP contribution in [0.2, 0.25) is 0 Å². The quantitative estimate of drug-likeness (QED) is 0.774. The number of likely N-dealkylation sites (tertiary alicyclic amines) is 1. The molecule has 2 aliphatic heterocycles. The van der Waals surface area contributed by atoms with Crippen molar-refractivity contribution >= 4 is 17.5 Å². The monoisotopic (exact) mass is 394 g/mol. The summed E-state index contributed by atoms with van der Waals surface area (Å²) in [7, 11) is 1.67. The van der Waals surface area contributed by atoms with Crippen LogP contribution in [0.5, 0.6) is 5.75 Å². The van der Waals surface area contributed by atoms with Crippen LogP contribution in [0.15, 0.2) is 48.8 Å². The summed E-state index contributed by atoms with van der Waals surface area (Å²) in [5.41, 5.74) is 2.04. The first-order valence-corrected chi connectivity index (χ1v) is 9.99. The summed E-state index contributed by atoms with van der Waals surface area (Å²) in [6, 6.07) is 11.8. The van der Waals surface area contributed by atoms with Gasteiger partial charge in [-0.05, 0) is 23.8 Å². The highest BCUT2D eigenvalue weighted by Crippen LogP contribution is 2.29. The van der Waals surface area contributed by atoms with E-state index in [4.69, 9.17) is 4.74 Å². The van der Waals surface area contributed by atoms with Crippen LogP contribution in [0.1, 0.15) is 12.0 Å². The normalized spacial score (nSPS) is 19.6. The standard InChI is InChI=1S/C22H26N4O3/c1-29-20-7-3-2-6-19(20)24-9-11-25(12-10-24)22(28)18-13-21(27)26(16-18)15-17-5-4-8-23-14-17/h2-8,14,18H,9-13,15-16H2,1H3. The molecule has 0 radical (unpaired) electrons. The molecule has 1 aromatic heterocycles. The molecule has 3 heterocycles. The highest BCUT2D eigenvalue weighted by atomic mass is 16.5. The average Bonchev–Trinajstić information content (AvgIpc) is 3.14. The van der Waals surface area contributed by atoms with E-state index in [-0.39, 0.29) is 17.7 Å². The lowest BCUT2D eigenvalue weighted by Gasteiger charge is -2.37. The van der Waals surface area contributed by atoms with Gasteiger partial charge in [0.05, 0.1) is 18.7 Å². The van der Waals surface area contributed by atoms with Gasteiger partial charge in [-0.15, -0.1) is 0 Å². The Labute approximate surface area is 170 Å². The minimum absolute atomic E-state index is 0.0415. The predicted molar refractivity (Wildman–Crippen MR) is 110 cm³/mol. The Balaban J connectivity index is 1.33. The average molecular weight is 394 g/mol. The van der Waals surface area contributed by atoms with Crippen molar-refractivity contribution in [1.82, 2.24) is 14.8 Å². The van der Waals surface area contributed by atoms with E-state index >= 15 is 0 Å². The van der Waals surface area contributed by atoms with Crippen molar-refractivity contribution < 1.29 is 14.3 Å². The number of anilines is 1. The van der Waals surface area contributed by atoms with Crippen LogP contribution in [0, 0.1) is 5.92 Å². The number of pyridine rings is 1. The molecule has 1 unspecified atom stereocenters. The predicted octanol–water partition coefficient (Wildman–Crippen LogP) is 1.79. The molecule has 4 rings (SSSR count). The topological polar surface area (TPSA) is 66.0 Å². The van der Waals surface area contributed by atoms with Gasteiger partial charge in [-0.25, -0.2) is 0 Å². The van der Waals surface area contributed by atoms with Crippen LogP contribution in [0.3, 0.4) is 0 Å². The van der Waals surface area contributed by atoms with Crippen LogP contribution in [-0.2, 0) is 16.1 Å². The van der Waals surface area contributed by atoms with E-state index < -0.39 is 0 Å². The molecule has 0 saturated carbocycles. The number of ether oxygens (including phenoxy) is 1. The summed E-state index contributed by atoms with van der Waals surface area (Å²) in [5.74, 6) is 0.725. The number of hydrogen-bond donors (Lipinski definition) is 0. The van der Waals surface area contributed by atoms with Gasteiger partial charge >= 0.3 is 0 Å². The summed E-state index contributed by atoms with van der Waals surface area (Å²) in [6.45, 7) is 3.82. The molecule has 2 saturated heterocycles. The van der Waals surface area contributed by atoms with Crippen molar-refractivity contribution in [2.45, 2.75) is 13.0 Å². The zero-order valence-electron chi connectivity index (χ0n) is 16.7. The zero-order valence-corrected chi connectivity index (χ0v) is 16.7. The van der Waals surface area contributed by atoms with E-state index in [1.807, 2.05) is 41.3 Å². The lowest BCUT2D eigenvalue weighted by atomic mass is 10.1. The van der Waals surface area contributed by atoms with E-state index in [1.54, 1.807) is 24.4 Å². The number of carbonyl (C=O) groups is 2. The van der Waals surface area contributed by atoms with Gasteiger partial charge in [0.25, 0.3) is 0 Å². The van der Waals surface area contributed by atoms with Crippen LogP contribution in [-0.4, -0.2) is 66.4 Å². The third kappa shape index (κ3) is 4.18. The number of nitrogens with zero attached hydrogens (tertiary/aromatic N) is 4. The van der Waals surface area contributed by atoms with E-state index in [1.165, 1.54) is 0 Å². The SMILES string of the molecule is COc1ccccc1N1CCN(C(=O)C2CC(=O)N(Cc3cccnc3)C2)CC1. The fourth-order valence-corrected chi connectivity index (χ4v) is 4.12. The van der Waals surface area contributed by atoms with Gasteiger partial charge in [-0.3, -0.25) is 14.6 Å². The van der Waals surface area contributed by atoms with Gasteiger partial charge in [-0.2, -0.15) is 0 Å². The highest BCUT2D eigenvalue weighted by Gasteiger charge is 2.37. The Morgan fingerprint density at radius 3 is 2.66 bits per heavy atom. The van der Waals surface area contributed by atoms with Gasteiger partial charge in [0.15, 0.2) is 0 Å². The molecule has 1 atom stereocenters. The second-order valence-electron chi connectivity index (χ2n) is 7.52. The number of hydrogen-bond acceptors (Lipinski definition) is 5. The molecule has 1 aromatic carbocycles. The molecule has 0 bridgehead atoms. The molecule has 2 aliphatic rings. The Morgan fingerprint density at radius 2 is 1.93 bits per heavy atom. The fourth-order valence-electron chi connectivity index (χ4n) is 4.12. The molecular formula is C22H26N4O3. The number of para-hydroxylation sites is 2. The van der Waals surface area contributed by atoms with E-state index in [0.29, 0.717) is 32.6 Å². The van der Waals surface area contributed by atoms with Crippen molar-refractivity contribution in [1.29, 1.82) is 0 Å². The Hall–Kier alpha value is -3.09. The zero-order chi connectivity index (χ0) is 20.2. The molecule has 0 spiro atoms. The number of carbonyl (C=O) groups excluding carboxylic acids is 2. The fraction of sp³-hybridized carbons (Fsp3) is 0.409. The first kappa shape index (κ1) is 19.2. The number of aromatic nitrogens is 1. The number of rotatable bonds is 5. The van der Waals surface area contributed by atoms with Crippen molar-refractivity contribution in [3.63, 3.8) is 0 Å². The van der Waals surface area contributed by atoms with E-state index in [0.717, 1.165) is 30.1 Å². The lowest BCUT2D eigenvalue weighted by Crippen LogP contribution is -2.50. The molecule has 29 heavy (non-hydrogen) atoms. The lowest BCUT2D eigenvalue weighted by molar-refractivity contribution is -0.136. The summed E-state index contributed by atoms with van der Waals surface area (Å²) in [4.78, 5) is 35.4. The summed E-state index contributed by atoms with van der Waals surface area (Å²) >= 11 is 0. The Morgan fingerprint density at radius 1 is 1.14 bits per heavy atom. The van der Waals surface area contributed by atoms with Crippen LogP contribution in [0.4, 0.5) is 5.69 Å². The summed E-state index contributed by atoms with van der Waals surface area (Å²) in [5, 5.41) is 0. The third-order valence-corrected chi connectivity index (χ3v) is 5.68. The number of benzene rings is 1. The maximum atomic E-state index is 13.0. The van der Waals surface area contributed by atoms with Gasteiger partial charge in [-0.1, -0.05) is 18.2 Å². The van der Waals surface area contributed by atoms with Crippen LogP contribution >= 0.6 is 0 Å². The van der Waals surface area contributed by atoms with E-state index in [9.17, 15) is 9.59 Å². The van der Waals surface area contributed by atoms with Gasteiger partial charge in [0, 0.05) is 58.1 Å². The second-order valence-corrected chi connectivity index (χ2v) is 7.52. The summed E-state index contributed by atoms with van der Waals surface area (Å²) < 4.78 is 5.46. The maximum Gasteiger partial charge on any atom is 0.228 e. The van der Waals surface area contributed by atoms with Crippen molar-refractivity contribution in [3.8, 4) is 5.75 Å². The van der Waals surface area contributed by atoms with Gasteiger partial charge in [0.1, 0.15) is 5.75 Å². The molecular weight excluding hydrogens is 368 g/mol. The molecule has 0 N–H and O–H groups in total. The second kappa shape index (κ2) is 8.51.